The van der Waals surface area contributed by atoms with E-state index < -0.39 is 5.91 Å². The molecule has 0 aliphatic heterocycles. The second-order valence-electron chi connectivity index (χ2n) is 2.73. The van der Waals surface area contributed by atoms with Gasteiger partial charge >= 0.3 is 0 Å². The van der Waals surface area contributed by atoms with E-state index in [0.29, 0.717) is 10.7 Å². The molecule has 0 spiro atoms. The van der Waals surface area contributed by atoms with E-state index >= 15 is 0 Å². The Morgan fingerprint density at radius 1 is 1.47 bits per heavy atom. The second-order valence-corrected chi connectivity index (χ2v) is 3.58. The molecule has 6 heteroatoms. The Hall–Kier alpha value is -1.79. The molecule has 0 radical (unpaired) electrons. The van der Waals surface area contributed by atoms with Crippen LogP contribution >= 0.6 is 11.3 Å². The maximum Gasteiger partial charge on any atom is 0.284 e. The number of rotatable bonds is 2. The normalized spacial score (nSPS) is 9.93. The molecule has 2 aromatic rings. The third kappa shape index (κ3) is 2.00. The van der Waals surface area contributed by atoms with Crippen LogP contribution in [0.15, 0.2) is 29.8 Å². The highest BCUT2D eigenvalue weighted by Gasteiger charge is 2.10. The number of thiazole rings is 1. The summed E-state index contributed by atoms with van der Waals surface area (Å²) in [5.41, 5.74) is 3.09. The van der Waals surface area contributed by atoms with Crippen LogP contribution in [0.4, 0.5) is 0 Å². The lowest BCUT2D eigenvalue weighted by Crippen LogP contribution is -2.30. The van der Waals surface area contributed by atoms with Crippen molar-refractivity contribution in [1.29, 1.82) is 0 Å². The summed E-state index contributed by atoms with van der Waals surface area (Å²) in [5.74, 6) is 4.61. The van der Waals surface area contributed by atoms with Gasteiger partial charge in [0.05, 0.1) is 5.69 Å². The Labute approximate surface area is 90.0 Å². The minimum atomic E-state index is -0.395. The fraction of sp³-hybridized carbons (Fsp3) is 0. The van der Waals surface area contributed by atoms with Crippen LogP contribution in [-0.4, -0.2) is 15.9 Å². The molecule has 0 bridgehead atoms. The smallest absolute Gasteiger partial charge is 0.284 e. The van der Waals surface area contributed by atoms with Crippen molar-refractivity contribution < 1.29 is 4.79 Å². The van der Waals surface area contributed by atoms with E-state index in [1.54, 1.807) is 11.6 Å². The summed E-state index contributed by atoms with van der Waals surface area (Å²) in [4.78, 5) is 19.4. The Balaban J connectivity index is 2.32. The molecule has 0 saturated heterocycles. The lowest BCUT2D eigenvalue weighted by molar-refractivity contribution is 0.0949. The van der Waals surface area contributed by atoms with Crippen LogP contribution in [0.2, 0.25) is 0 Å². The molecule has 2 heterocycles. The van der Waals surface area contributed by atoms with Gasteiger partial charge in [0.2, 0.25) is 0 Å². The number of amides is 1. The van der Waals surface area contributed by atoms with Crippen molar-refractivity contribution in [3.63, 3.8) is 0 Å². The summed E-state index contributed by atoms with van der Waals surface area (Å²) in [6.45, 7) is 0. The molecule has 0 fully saturated rings. The van der Waals surface area contributed by atoms with Crippen LogP contribution in [0.3, 0.4) is 0 Å². The molecule has 2 rings (SSSR count). The van der Waals surface area contributed by atoms with Gasteiger partial charge in [-0.1, -0.05) is 6.07 Å². The number of aromatic nitrogens is 2. The Morgan fingerprint density at radius 3 is 3.00 bits per heavy atom. The quantitative estimate of drug-likeness (QED) is 0.446. The lowest BCUT2D eigenvalue weighted by Gasteiger charge is -1.93. The van der Waals surface area contributed by atoms with Gasteiger partial charge < -0.3 is 0 Å². The minimum Gasteiger partial charge on any atom is -0.289 e. The molecule has 0 saturated carbocycles. The zero-order valence-corrected chi connectivity index (χ0v) is 8.49. The summed E-state index contributed by atoms with van der Waals surface area (Å²) in [6, 6.07) is 5.53. The van der Waals surface area contributed by atoms with Gasteiger partial charge in [-0.05, 0) is 12.1 Å². The summed E-state index contributed by atoms with van der Waals surface area (Å²) >= 11 is 1.36. The standard InChI is InChI=1S/C9H8N4OS/c10-13-8(14)7-5-15-9(12-7)6-3-1-2-4-11-6/h1-5H,10H2,(H,13,14). The zero-order valence-electron chi connectivity index (χ0n) is 7.68. The van der Waals surface area contributed by atoms with Crippen LogP contribution < -0.4 is 11.3 Å². The van der Waals surface area contributed by atoms with E-state index in [9.17, 15) is 4.79 Å². The van der Waals surface area contributed by atoms with Gasteiger partial charge in [-0.25, -0.2) is 10.8 Å². The van der Waals surface area contributed by atoms with Gasteiger partial charge in [-0.2, -0.15) is 0 Å². The van der Waals surface area contributed by atoms with Gasteiger partial charge in [0.15, 0.2) is 0 Å². The summed E-state index contributed by atoms with van der Waals surface area (Å²) in [7, 11) is 0. The monoisotopic (exact) mass is 220 g/mol. The lowest BCUT2D eigenvalue weighted by atomic mass is 10.3. The van der Waals surface area contributed by atoms with Crippen molar-refractivity contribution in [2.45, 2.75) is 0 Å². The predicted molar refractivity (Wildman–Crippen MR) is 57.0 cm³/mol. The van der Waals surface area contributed by atoms with Crippen molar-refractivity contribution in [2.75, 3.05) is 0 Å². The molecule has 0 atom stereocenters. The molecule has 0 aliphatic rings. The Bertz CT molecular complexity index is 468. The summed E-state index contributed by atoms with van der Waals surface area (Å²) < 4.78 is 0. The van der Waals surface area contributed by atoms with Gasteiger partial charge in [0.25, 0.3) is 5.91 Å². The van der Waals surface area contributed by atoms with Gasteiger partial charge in [-0.3, -0.25) is 15.2 Å². The Kier molecular flexibility index (Phi) is 2.70. The van der Waals surface area contributed by atoms with Crippen LogP contribution in [0.5, 0.6) is 0 Å². The molecular weight excluding hydrogens is 212 g/mol. The average molecular weight is 220 g/mol. The van der Waals surface area contributed by atoms with Crippen molar-refractivity contribution in [1.82, 2.24) is 15.4 Å². The highest BCUT2D eigenvalue weighted by molar-refractivity contribution is 7.13. The largest absolute Gasteiger partial charge is 0.289 e. The first-order valence-electron chi connectivity index (χ1n) is 4.19. The molecule has 1 amide bonds. The first-order valence-corrected chi connectivity index (χ1v) is 5.07. The maximum absolute atomic E-state index is 11.1. The molecule has 0 aliphatic carbocycles. The topological polar surface area (TPSA) is 80.9 Å². The SMILES string of the molecule is NNC(=O)c1csc(-c2ccccn2)n1. The fourth-order valence-electron chi connectivity index (χ4n) is 1.06. The number of carbonyl (C=O) groups excluding carboxylic acids is 1. The maximum atomic E-state index is 11.1. The van der Waals surface area contributed by atoms with Gasteiger partial charge in [0.1, 0.15) is 10.7 Å². The Morgan fingerprint density at radius 2 is 2.33 bits per heavy atom. The number of nitrogens with two attached hydrogens (primary N) is 1. The fourth-order valence-corrected chi connectivity index (χ4v) is 1.83. The molecular formula is C9H8N4OS. The van der Waals surface area contributed by atoms with Crippen molar-refractivity contribution in [3.8, 4) is 10.7 Å². The predicted octanol–water partition coefficient (Wildman–Crippen LogP) is 0.809. The molecule has 0 aromatic carbocycles. The van der Waals surface area contributed by atoms with Crippen molar-refractivity contribution in [2.24, 2.45) is 5.84 Å². The second kappa shape index (κ2) is 4.16. The van der Waals surface area contributed by atoms with Crippen LogP contribution in [0, 0.1) is 0 Å². The molecule has 3 N–H and O–H groups in total. The van der Waals surface area contributed by atoms with E-state index in [-0.39, 0.29) is 0 Å². The first-order chi connectivity index (χ1) is 7.31. The first kappa shape index (κ1) is 9.75. The van der Waals surface area contributed by atoms with E-state index in [0.717, 1.165) is 5.69 Å². The van der Waals surface area contributed by atoms with E-state index in [4.69, 9.17) is 5.84 Å². The number of nitrogens with one attached hydrogen (secondary N) is 1. The average Bonchev–Trinajstić information content (AvgIpc) is 2.78. The van der Waals surface area contributed by atoms with Crippen LogP contribution in [-0.2, 0) is 0 Å². The molecule has 0 unspecified atom stereocenters. The summed E-state index contributed by atoms with van der Waals surface area (Å²) in [5, 5.41) is 2.35. The third-order valence-electron chi connectivity index (χ3n) is 1.75. The van der Waals surface area contributed by atoms with E-state index in [1.165, 1.54) is 11.3 Å². The van der Waals surface area contributed by atoms with Crippen molar-refractivity contribution in [3.05, 3.63) is 35.5 Å². The molecule has 5 nitrogen and oxygen atoms in total. The van der Waals surface area contributed by atoms with Gasteiger partial charge in [0, 0.05) is 11.6 Å². The van der Waals surface area contributed by atoms with Gasteiger partial charge in [-0.15, -0.1) is 11.3 Å². The number of nitrogen functional groups attached to an aromatic ring is 1. The van der Waals surface area contributed by atoms with Crippen LogP contribution in [0.25, 0.3) is 10.7 Å². The minimum absolute atomic E-state index is 0.308. The van der Waals surface area contributed by atoms with E-state index in [1.807, 2.05) is 23.6 Å². The number of hydrogen-bond donors (Lipinski definition) is 2. The zero-order chi connectivity index (χ0) is 10.7. The number of hydrazine groups is 1. The highest BCUT2D eigenvalue weighted by Crippen LogP contribution is 2.20. The number of carbonyl (C=O) groups is 1. The van der Waals surface area contributed by atoms with Crippen LogP contribution in [0.1, 0.15) is 10.5 Å². The number of hydrogen-bond acceptors (Lipinski definition) is 5. The third-order valence-corrected chi connectivity index (χ3v) is 2.62. The highest BCUT2D eigenvalue weighted by atomic mass is 32.1. The summed E-state index contributed by atoms with van der Waals surface area (Å²) in [6.07, 6.45) is 1.68. The molecule has 15 heavy (non-hydrogen) atoms. The number of nitrogens with zero attached hydrogens (tertiary/aromatic N) is 2. The molecule has 76 valence electrons. The number of pyridine rings is 1. The van der Waals surface area contributed by atoms with E-state index in [2.05, 4.69) is 9.97 Å². The van der Waals surface area contributed by atoms with Crippen molar-refractivity contribution >= 4 is 17.2 Å². The molecule has 2 aromatic heterocycles.